The summed E-state index contributed by atoms with van der Waals surface area (Å²) in [6.07, 6.45) is 1.86. The Morgan fingerprint density at radius 1 is 1.17 bits per heavy atom. The van der Waals surface area contributed by atoms with E-state index in [1.54, 1.807) is 6.92 Å². The van der Waals surface area contributed by atoms with Gasteiger partial charge in [-0.2, -0.15) is 0 Å². The molecule has 1 heterocycles. The van der Waals surface area contributed by atoms with Gasteiger partial charge in [0.1, 0.15) is 12.3 Å². The lowest BCUT2D eigenvalue weighted by molar-refractivity contribution is -0.147. The van der Waals surface area contributed by atoms with E-state index in [9.17, 15) is 14.4 Å². The van der Waals surface area contributed by atoms with Gasteiger partial charge in [-0.3, -0.25) is 14.4 Å². The van der Waals surface area contributed by atoms with Crippen molar-refractivity contribution in [1.29, 1.82) is 0 Å². The third-order valence-corrected chi connectivity index (χ3v) is 5.69. The number of thioether (sulfide) groups is 1. The zero-order valence-corrected chi connectivity index (χ0v) is 19.4. The Kier molecular flexibility index (Phi) is 8.53. The predicted octanol–water partition coefficient (Wildman–Crippen LogP) is 4.34. The highest BCUT2D eigenvalue weighted by molar-refractivity contribution is 8.04. The van der Waals surface area contributed by atoms with E-state index in [0.29, 0.717) is 23.8 Å². The van der Waals surface area contributed by atoms with E-state index in [-0.39, 0.29) is 30.3 Å². The molecule has 6 nitrogen and oxygen atoms in total. The van der Waals surface area contributed by atoms with Crippen LogP contribution >= 0.6 is 11.8 Å². The number of hydrogen-bond acceptors (Lipinski definition) is 6. The van der Waals surface area contributed by atoms with Crippen molar-refractivity contribution in [3.8, 4) is 5.75 Å². The van der Waals surface area contributed by atoms with Gasteiger partial charge in [-0.1, -0.05) is 27.7 Å². The number of rotatable bonds is 7. The Labute approximate surface area is 183 Å². The molecular weight excluding hydrogens is 402 g/mol. The molecule has 1 aliphatic rings. The Hall–Kier alpha value is -2.28. The number of carbonyl (C=O) groups excluding carboxylic acids is 3. The van der Waals surface area contributed by atoms with E-state index >= 15 is 0 Å². The highest BCUT2D eigenvalue weighted by Gasteiger charge is 2.26. The summed E-state index contributed by atoms with van der Waals surface area (Å²) >= 11 is 1.49. The van der Waals surface area contributed by atoms with Crippen molar-refractivity contribution in [1.82, 2.24) is 4.90 Å². The first-order valence-electron chi connectivity index (χ1n) is 10.3. The molecule has 7 heteroatoms. The second-order valence-corrected chi connectivity index (χ2v) is 8.96. The predicted molar refractivity (Wildman–Crippen MR) is 120 cm³/mol. The zero-order chi connectivity index (χ0) is 22.4. The molecule has 1 aliphatic heterocycles. The second kappa shape index (κ2) is 10.7. The molecule has 0 aromatic heterocycles. The van der Waals surface area contributed by atoms with Gasteiger partial charge in [0.15, 0.2) is 0 Å². The van der Waals surface area contributed by atoms with Crippen LogP contribution in [-0.2, 0) is 19.1 Å². The van der Waals surface area contributed by atoms with Gasteiger partial charge in [-0.25, -0.2) is 0 Å². The average Bonchev–Trinajstić information content (AvgIpc) is 2.65. The molecule has 30 heavy (non-hydrogen) atoms. The molecule has 0 saturated carbocycles. The van der Waals surface area contributed by atoms with Gasteiger partial charge in [-0.15, -0.1) is 11.8 Å². The molecule has 0 radical (unpaired) electrons. The molecule has 0 bridgehead atoms. The zero-order valence-electron chi connectivity index (χ0n) is 18.6. The lowest BCUT2D eigenvalue weighted by atomic mass is 9.91. The van der Waals surface area contributed by atoms with Gasteiger partial charge in [-0.05, 0) is 53.7 Å². The summed E-state index contributed by atoms with van der Waals surface area (Å²) in [6.45, 7) is 12.1. The first-order chi connectivity index (χ1) is 14.1. The van der Waals surface area contributed by atoms with Crippen LogP contribution in [0.3, 0.4) is 0 Å². The van der Waals surface area contributed by atoms with Crippen molar-refractivity contribution in [2.45, 2.75) is 53.4 Å². The fourth-order valence-electron chi connectivity index (χ4n) is 3.25. The normalized spacial score (nSPS) is 15.8. The van der Waals surface area contributed by atoms with E-state index in [1.165, 1.54) is 23.6 Å². The van der Waals surface area contributed by atoms with Crippen LogP contribution in [0, 0.1) is 0 Å². The summed E-state index contributed by atoms with van der Waals surface area (Å²) in [7, 11) is 0. The average molecular weight is 434 g/mol. The van der Waals surface area contributed by atoms with Crippen LogP contribution in [0.15, 0.2) is 17.0 Å². The van der Waals surface area contributed by atoms with Gasteiger partial charge in [0.05, 0.1) is 11.5 Å². The maximum Gasteiger partial charge on any atom is 0.325 e. The summed E-state index contributed by atoms with van der Waals surface area (Å²) < 4.78 is 10.5. The minimum absolute atomic E-state index is 0.0373. The first kappa shape index (κ1) is 24.0. The lowest BCUT2D eigenvalue weighted by Crippen LogP contribution is -2.41. The molecule has 1 amide bonds. The van der Waals surface area contributed by atoms with Gasteiger partial charge in [0, 0.05) is 19.2 Å². The quantitative estimate of drug-likeness (QED) is 0.362. The van der Waals surface area contributed by atoms with Crippen LogP contribution < -0.4 is 4.74 Å². The Morgan fingerprint density at radius 2 is 1.77 bits per heavy atom. The molecule has 1 fully saturated rings. The van der Waals surface area contributed by atoms with Crippen LogP contribution in [0.5, 0.6) is 5.75 Å². The monoisotopic (exact) mass is 433 g/mol. The summed E-state index contributed by atoms with van der Waals surface area (Å²) in [5, 5.41) is 0. The first-order valence-corrected chi connectivity index (χ1v) is 11.3. The Balaban J connectivity index is 2.42. The number of benzene rings is 1. The van der Waals surface area contributed by atoms with Crippen LogP contribution in [0.4, 0.5) is 0 Å². The molecule has 0 atom stereocenters. The van der Waals surface area contributed by atoms with Crippen LogP contribution in [0.2, 0.25) is 0 Å². The summed E-state index contributed by atoms with van der Waals surface area (Å²) in [5.41, 5.74) is 2.74. The van der Waals surface area contributed by atoms with Gasteiger partial charge < -0.3 is 14.4 Å². The lowest BCUT2D eigenvalue weighted by Gasteiger charge is -2.27. The standard InChI is InChI=1S/C23H31NO5S/c1-7-28-21(26)13-24-8-9-30-20(23(24)27)12-17-10-18(14(2)3)22(29-16(6)25)19(11-17)15(4)5/h10-12,14-15H,7-9,13H2,1-6H3/b20-12+. The topological polar surface area (TPSA) is 72.9 Å². The van der Waals surface area contributed by atoms with Gasteiger partial charge in [0.2, 0.25) is 0 Å². The van der Waals surface area contributed by atoms with Crippen LogP contribution in [-0.4, -0.2) is 48.2 Å². The molecule has 2 rings (SSSR count). The molecule has 0 spiro atoms. The van der Waals surface area contributed by atoms with Crippen molar-refractivity contribution >= 4 is 35.7 Å². The summed E-state index contributed by atoms with van der Waals surface area (Å²) in [5.74, 6) is 0.707. The third kappa shape index (κ3) is 6.11. The van der Waals surface area contributed by atoms with Crippen molar-refractivity contribution in [2.24, 2.45) is 0 Å². The Morgan fingerprint density at radius 3 is 2.27 bits per heavy atom. The molecule has 164 valence electrons. The van der Waals surface area contributed by atoms with Gasteiger partial charge in [0.25, 0.3) is 5.91 Å². The molecule has 0 aliphatic carbocycles. The molecule has 0 N–H and O–H groups in total. The van der Waals surface area contributed by atoms with Gasteiger partial charge >= 0.3 is 11.9 Å². The van der Waals surface area contributed by atoms with Crippen LogP contribution in [0.1, 0.15) is 70.1 Å². The van der Waals surface area contributed by atoms with E-state index in [1.807, 2.05) is 45.9 Å². The number of hydrogen-bond donors (Lipinski definition) is 0. The SMILES string of the molecule is CCOC(=O)CN1CCS/C(=C/c2cc(C(C)C)c(OC(C)=O)c(C(C)C)c2)C1=O. The maximum absolute atomic E-state index is 12.9. The fraction of sp³-hybridized carbons (Fsp3) is 0.522. The number of esters is 2. The van der Waals surface area contributed by atoms with Crippen molar-refractivity contribution < 1.29 is 23.9 Å². The van der Waals surface area contributed by atoms with Crippen LogP contribution in [0.25, 0.3) is 6.08 Å². The third-order valence-electron chi connectivity index (χ3n) is 4.70. The summed E-state index contributed by atoms with van der Waals surface area (Å²) in [4.78, 5) is 38.5. The highest BCUT2D eigenvalue weighted by atomic mass is 32.2. The molecule has 0 unspecified atom stereocenters. The van der Waals surface area contributed by atoms with Crippen molar-refractivity contribution in [2.75, 3.05) is 25.4 Å². The minimum Gasteiger partial charge on any atom is -0.465 e. The minimum atomic E-state index is -0.396. The molecule has 1 aromatic carbocycles. The highest BCUT2D eigenvalue weighted by Crippen LogP contribution is 2.37. The van der Waals surface area contributed by atoms with E-state index in [2.05, 4.69) is 0 Å². The number of ether oxygens (including phenoxy) is 2. The second-order valence-electron chi connectivity index (χ2n) is 7.82. The van der Waals surface area contributed by atoms with Crippen molar-refractivity contribution in [3.05, 3.63) is 33.7 Å². The smallest absolute Gasteiger partial charge is 0.325 e. The number of carbonyl (C=O) groups is 3. The molecule has 1 aromatic rings. The van der Waals surface area contributed by atoms with Crippen molar-refractivity contribution in [3.63, 3.8) is 0 Å². The van der Waals surface area contributed by atoms with E-state index in [4.69, 9.17) is 9.47 Å². The maximum atomic E-state index is 12.9. The Bertz CT molecular complexity index is 815. The fourth-order valence-corrected chi connectivity index (χ4v) is 4.26. The number of nitrogens with zero attached hydrogens (tertiary/aromatic N) is 1. The van der Waals surface area contributed by atoms with E-state index in [0.717, 1.165) is 22.4 Å². The van der Waals surface area contributed by atoms with E-state index < -0.39 is 5.97 Å². The summed E-state index contributed by atoms with van der Waals surface area (Å²) in [6, 6.07) is 3.94. The molecule has 1 saturated heterocycles. The number of amides is 1. The molecular formula is C23H31NO5S. The largest absolute Gasteiger partial charge is 0.465 e.